The third kappa shape index (κ3) is 4.23. The van der Waals surface area contributed by atoms with E-state index in [2.05, 4.69) is 5.32 Å². The molecule has 0 bridgehead atoms. The molecule has 0 aliphatic rings. The van der Waals surface area contributed by atoms with Gasteiger partial charge in [-0.3, -0.25) is 0 Å². The van der Waals surface area contributed by atoms with Crippen LogP contribution in [0.15, 0.2) is 18.2 Å². The summed E-state index contributed by atoms with van der Waals surface area (Å²) in [6.45, 7) is 1.60. The molecule has 0 aromatic heterocycles. The predicted molar refractivity (Wildman–Crippen MR) is 66.4 cm³/mol. The molecule has 0 spiro atoms. The van der Waals surface area contributed by atoms with Gasteiger partial charge in [-0.25, -0.2) is 8.78 Å². The second-order valence-corrected chi connectivity index (χ2v) is 4.02. The minimum atomic E-state index is -2.44. The van der Waals surface area contributed by atoms with Crippen molar-refractivity contribution in [3.8, 4) is 5.75 Å². The minimum Gasteiger partial charge on any atom is -0.496 e. The number of nitrogens with one attached hydrogen (secondary N) is 1. The second kappa shape index (κ2) is 7.28. The molecule has 0 aliphatic heterocycles. The van der Waals surface area contributed by atoms with E-state index in [4.69, 9.17) is 9.47 Å². The smallest absolute Gasteiger partial charge is 0.261 e. The van der Waals surface area contributed by atoms with Crippen molar-refractivity contribution in [2.24, 2.45) is 0 Å². The van der Waals surface area contributed by atoms with E-state index in [1.807, 2.05) is 25.1 Å². The van der Waals surface area contributed by atoms with Crippen LogP contribution >= 0.6 is 0 Å². The topological polar surface area (TPSA) is 30.5 Å². The first-order valence-corrected chi connectivity index (χ1v) is 5.76. The van der Waals surface area contributed by atoms with Gasteiger partial charge in [0.25, 0.3) is 6.43 Å². The SMILES string of the molecule is CNC(COCC(F)F)c1cc(C)ccc1OC. The number of hydrogen-bond donors (Lipinski definition) is 1. The summed E-state index contributed by atoms with van der Waals surface area (Å²) < 4.78 is 34.3. The van der Waals surface area contributed by atoms with Crippen molar-refractivity contribution in [2.75, 3.05) is 27.4 Å². The van der Waals surface area contributed by atoms with Crippen LogP contribution in [0.2, 0.25) is 0 Å². The standard InChI is InChI=1S/C13H19F2NO2/c1-9-4-5-12(17-3)10(6-9)11(16-2)7-18-8-13(14)15/h4-6,11,13,16H,7-8H2,1-3H3. The molecule has 0 saturated carbocycles. The molecule has 3 nitrogen and oxygen atoms in total. The molecule has 0 aliphatic carbocycles. The van der Waals surface area contributed by atoms with Gasteiger partial charge >= 0.3 is 0 Å². The largest absolute Gasteiger partial charge is 0.496 e. The Kier molecular flexibility index (Phi) is 6.01. The lowest BCUT2D eigenvalue weighted by atomic mass is 10.0. The fourth-order valence-corrected chi connectivity index (χ4v) is 1.73. The van der Waals surface area contributed by atoms with E-state index in [0.717, 1.165) is 16.9 Å². The zero-order chi connectivity index (χ0) is 13.5. The van der Waals surface area contributed by atoms with Crippen LogP contribution in [0, 0.1) is 6.92 Å². The number of aryl methyl sites for hydroxylation is 1. The molecular formula is C13H19F2NO2. The van der Waals surface area contributed by atoms with Gasteiger partial charge < -0.3 is 14.8 Å². The molecule has 1 aromatic carbocycles. The van der Waals surface area contributed by atoms with Crippen molar-refractivity contribution in [1.29, 1.82) is 0 Å². The number of rotatable bonds is 7. The first-order chi connectivity index (χ1) is 8.58. The summed E-state index contributed by atoms with van der Waals surface area (Å²) in [7, 11) is 3.35. The Morgan fingerprint density at radius 2 is 2.00 bits per heavy atom. The molecule has 0 amide bonds. The summed E-state index contributed by atoms with van der Waals surface area (Å²) in [5.41, 5.74) is 1.99. The number of likely N-dealkylation sites (N-methyl/N-ethyl adjacent to an activating group) is 1. The van der Waals surface area contributed by atoms with Crippen molar-refractivity contribution >= 4 is 0 Å². The van der Waals surface area contributed by atoms with E-state index in [9.17, 15) is 8.78 Å². The van der Waals surface area contributed by atoms with Crippen LogP contribution < -0.4 is 10.1 Å². The van der Waals surface area contributed by atoms with Crippen LogP contribution in [0.4, 0.5) is 8.78 Å². The van der Waals surface area contributed by atoms with Crippen molar-refractivity contribution < 1.29 is 18.3 Å². The highest BCUT2D eigenvalue weighted by Crippen LogP contribution is 2.26. The Balaban J connectivity index is 2.77. The summed E-state index contributed by atoms with van der Waals surface area (Å²) >= 11 is 0. The van der Waals surface area contributed by atoms with Gasteiger partial charge in [-0.2, -0.15) is 0 Å². The first-order valence-electron chi connectivity index (χ1n) is 5.76. The van der Waals surface area contributed by atoms with E-state index in [0.29, 0.717) is 0 Å². The third-order valence-electron chi connectivity index (χ3n) is 2.64. The summed E-state index contributed by atoms with van der Waals surface area (Å²) in [6, 6.07) is 5.60. The highest BCUT2D eigenvalue weighted by molar-refractivity contribution is 5.39. The lowest BCUT2D eigenvalue weighted by Crippen LogP contribution is -2.23. The lowest BCUT2D eigenvalue weighted by molar-refractivity contribution is 0.00967. The lowest BCUT2D eigenvalue weighted by Gasteiger charge is -2.20. The van der Waals surface area contributed by atoms with E-state index < -0.39 is 13.0 Å². The second-order valence-electron chi connectivity index (χ2n) is 4.02. The quantitative estimate of drug-likeness (QED) is 0.816. The van der Waals surface area contributed by atoms with Gasteiger partial charge in [0.15, 0.2) is 0 Å². The Morgan fingerprint density at radius 1 is 1.28 bits per heavy atom. The fourth-order valence-electron chi connectivity index (χ4n) is 1.73. The zero-order valence-electron chi connectivity index (χ0n) is 10.9. The molecule has 102 valence electrons. The number of hydrogen-bond acceptors (Lipinski definition) is 3. The first kappa shape index (κ1) is 14.9. The zero-order valence-corrected chi connectivity index (χ0v) is 10.9. The van der Waals surface area contributed by atoms with E-state index >= 15 is 0 Å². The monoisotopic (exact) mass is 259 g/mol. The van der Waals surface area contributed by atoms with Gasteiger partial charge in [0.05, 0.1) is 19.8 Å². The summed E-state index contributed by atoms with van der Waals surface area (Å²) in [5.74, 6) is 0.723. The molecule has 0 radical (unpaired) electrons. The van der Waals surface area contributed by atoms with Gasteiger partial charge in [-0.15, -0.1) is 0 Å². The maximum atomic E-state index is 12.0. The van der Waals surface area contributed by atoms with E-state index in [1.54, 1.807) is 14.2 Å². The predicted octanol–water partition coefficient (Wildman–Crippen LogP) is 2.55. The molecule has 0 heterocycles. The normalized spacial score (nSPS) is 12.8. The molecular weight excluding hydrogens is 240 g/mol. The number of halogens is 2. The Labute approximate surface area is 106 Å². The Bertz CT molecular complexity index is 372. The van der Waals surface area contributed by atoms with Crippen molar-refractivity contribution in [2.45, 2.75) is 19.4 Å². The van der Waals surface area contributed by atoms with Crippen molar-refractivity contribution in [1.82, 2.24) is 5.32 Å². The Hall–Kier alpha value is -1.20. The molecule has 1 atom stereocenters. The molecule has 0 fully saturated rings. The van der Waals surface area contributed by atoms with Crippen molar-refractivity contribution in [3.05, 3.63) is 29.3 Å². The van der Waals surface area contributed by atoms with Crippen molar-refractivity contribution in [3.63, 3.8) is 0 Å². The van der Waals surface area contributed by atoms with Gasteiger partial charge in [-0.1, -0.05) is 17.7 Å². The minimum absolute atomic E-state index is 0.168. The van der Waals surface area contributed by atoms with Gasteiger partial charge in [0, 0.05) is 5.56 Å². The van der Waals surface area contributed by atoms with Gasteiger partial charge in [0.2, 0.25) is 0 Å². The van der Waals surface area contributed by atoms with Crippen LogP contribution in [-0.2, 0) is 4.74 Å². The number of methoxy groups -OCH3 is 1. The molecule has 1 aromatic rings. The molecule has 0 saturated heterocycles. The van der Waals surface area contributed by atoms with Crippen LogP contribution in [0.3, 0.4) is 0 Å². The third-order valence-corrected chi connectivity index (χ3v) is 2.64. The molecule has 5 heteroatoms. The molecule has 1 rings (SSSR count). The summed E-state index contributed by atoms with van der Waals surface area (Å²) in [4.78, 5) is 0. The Morgan fingerprint density at radius 3 is 2.56 bits per heavy atom. The molecule has 18 heavy (non-hydrogen) atoms. The van der Waals surface area contributed by atoms with Crippen LogP contribution in [0.5, 0.6) is 5.75 Å². The van der Waals surface area contributed by atoms with Gasteiger partial charge in [0.1, 0.15) is 12.4 Å². The number of ether oxygens (including phenoxy) is 2. The fraction of sp³-hybridized carbons (Fsp3) is 0.538. The summed E-state index contributed by atoms with van der Waals surface area (Å²) in [6.07, 6.45) is -2.44. The van der Waals surface area contributed by atoms with Gasteiger partial charge in [-0.05, 0) is 20.0 Å². The average Bonchev–Trinajstić information content (AvgIpc) is 2.34. The van der Waals surface area contributed by atoms with Crippen LogP contribution in [0.1, 0.15) is 17.2 Å². The number of benzene rings is 1. The van der Waals surface area contributed by atoms with E-state index in [-0.39, 0.29) is 12.6 Å². The average molecular weight is 259 g/mol. The highest BCUT2D eigenvalue weighted by Gasteiger charge is 2.15. The van der Waals surface area contributed by atoms with Crippen LogP contribution in [0.25, 0.3) is 0 Å². The van der Waals surface area contributed by atoms with E-state index in [1.165, 1.54) is 0 Å². The van der Waals surface area contributed by atoms with Crippen LogP contribution in [-0.4, -0.2) is 33.8 Å². The maximum absolute atomic E-state index is 12.0. The molecule has 1 N–H and O–H groups in total. The maximum Gasteiger partial charge on any atom is 0.261 e. The number of alkyl halides is 2. The molecule has 1 unspecified atom stereocenters. The summed E-state index contributed by atoms with van der Waals surface area (Å²) in [5, 5.41) is 3.04. The highest BCUT2D eigenvalue weighted by atomic mass is 19.3.